The minimum absolute atomic E-state index is 0. The van der Waals surface area contributed by atoms with E-state index in [9.17, 15) is 4.79 Å². The van der Waals surface area contributed by atoms with E-state index in [0.717, 1.165) is 76.6 Å². The van der Waals surface area contributed by atoms with Crippen molar-refractivity contribution in [3.05, 3.63) is 58.7 Å². The normalized spacial score (nSPS) is 20.6. The molecular weight excluding hydrogens is 450 g/mol. The smallest absolute Gasteiger partial charge is 0.409 e. The Bertz CT molecular complexity index is 1010. The molecule has 2 aromatic carbocycles. The quantitative estimate of drug-likeness (QED) is 0.593. The molecule has 0 bridgehead atoms. The third-order valence-electron chi connectivity index (χ3n) is 7.39. The van der Waals surface area contributed by atoms with Crippen molar-refractivity contribution in [3.8, 4) is 11.5 Å². The fraction of sp³-hybridized carbons (Fsp3) is 0.519. The zero-order valence-corrected chi connectivity index (χ0v) is 21.1. The van der Waals surface area contributed by atoms with Gasteiger partial charge in [-0.25, -0.2) is 4.79 Å². The molecule has 1 unspecified atom stereocenters. The van der Waals surface area contributed by atoms with Crippen LogP contribution in [0.4, 0.5) is 4.79 Å². The summed E-state index contributed by atoms with van der Waals surface area (Å²) in [4.78, 5) is 18.6. The highest BCUT2D eigenvalue weighted by Crippen LogP contribution is 2.42. The molecule has 0 aliphatic carbocycles. The number of halogens is 1. The maximum absolute atomic E-state index is 11.7. The Morgan fingerprint density at radius 3 is 2.26 bits per heavy atom. The van der Waals surface area contributed by atoms with Gasteiger partial charge in [-0.3, -0.25) is 9.80 Å². The Morgan fingerprint density at radius 1 is 0.882 bits per heavy atom. The van der Waals surface area contributed by atoms with Crippen molar-refractivity contribution in [1.82, 2.24) is 14.7 Å². The third-order valence-corrected chi connectivity index (χ3v) is 7.39. The molecule has 0 spiro atoms. The molecule has 2 aromatic rings. The van der Waals surface area contributed by atoms with Gasteiger partial charge >= 0.3 is 6.09 Å². The molecule has 1 amide bonds. The second kappa shape index (κ2) is 11.0. The van der Waals surface area contributed by atoms with Crippen LogP contribution in [0.1, 0.15) is 42.1 Å². The Hall–Kier alpha value is -2.28. The van der Waals surface area contributed by atoms with Crippen LogP contribution in [0.25, 0.3) is 0 Å². The molecule has 34 heavy (non-hydrogen) atoms. The molecule has 6 nitrogen and oxygen atoms in total. The number of hydrogen-bond donors (Lipinski definition) is 0. The molecular formula is C27H36ClN3O3. The number of ether oxygens (including phenoxy) is 2. The van der Waals surface area contributed by atoms with Crippen molar-refractivity contribution in [2.75, 3.05) is 52.4 Å². The first-order valence-electron chi connectivity index (χ1n) is 12.4. The number of carbonyl (C=O) groups is 1. The highest BCUT2D eigenvalue weighted by atomic mass is 35.5. The Morgan fingerprint density at radius 2 is 1.59 bits per heavy atom. The highest BCUT2D eigenvalue weighted by molar-refractivity contribution is 5.85. The van der Waals surface area contributed by atoms with Crippen molar-refractivity contribution >= 4 is 18.5 Å². The molecule has 5 rings (SSSR count). The van der Waals surface area contributed by atoms with Gasteiger partial charge in [0.25, 0.3) is 0 Å². The van der Waals surface area contributed by atoms with E-state index in [4.69, 9.17) is 9.47 Å². The zero-order chi connectivity index (χ0) is 22.8. The van der Waals surface area contributed by atoms with Crippen molar-refractivity contribution in [3.63, 3.8) is 0 Å². The molecule has 7 heteroatoms. The van der Waals surface area contributed by atoms with Crippen LogP contribution in [0.2, 0.25) is 0 Å². The molecule has 2 fully saturated rings. The highest BCUT2D eigenvalue weighted by Gasteiger charge is 2.31. The van der Waals surface area contributed by atoms with Crippen molar-refractivity contribution in [1.29, 1.82) is 0 Å². The minimum Gasteiger partial charge on any atom is -0.457 e. The summed E-state index contributed by atoms with van der Waals surface area (Å²) in [5, 5.41) is 0. The van der Waals surface area contributed by atoms with Crippen LogP contribution >= 0.6 is 12.4 Å². The number of amides is 1. The van der Waals surface area contributed by atoms with Crippen molar-refractivity contribution in [2.45, 2.75) is 39.2 Å². The number of aryl methyl sites for hydroxylation is 2. The number of fused-ring (bicyclic) bond motifs is 2. The van der Waals surface area contributed by atoms with E-state index in [1.807, 2.05) is 4.90 Å². The van der Waals surface area contributed by atoms with E-state index in [1.54, 1.807) is 0 Å². The fourth-order valence-corrected chi connectivity index (χ4v) is 5.24. The van der Waals surface area contributed by atoms with Gasteiger partial charge in [-0.05, 0) is 48.1 Å². The van der Waals surface area contributed by atoms with Crippen LogP contribution in [0.15, 0.2) is 36.4 Å². The lowest BCUT2D eigenvalue weighted by Gasteiger charge is -2.39. The number of nitrogens with zero attached hydrogens (tertiary/aromatic N) is 3. The summed E-state index contributed by atoms with van der Waals surface area (Å²) in [6, 6.07) is 13.7. The van der Waals surface area contributed by atoms with Gasteiger partial charge in [-0.1, -0.05) is 38.1 Å². The molecule has 1 atom stereocenters. The molecule has 3 aliphatic heterocycles. The predicted molar refractivity (Wildman–Crippen MR) is 136 cm³/mol. The third kappa shape index (κ3) is 5.19. The van der Waals surface area contributed by atoms with Crippen LogP contribution in [-0.2, 0) is 24.0 Å². The predicted octanol–water partition coefficient (Wildman–Crippen LogP) is 4.69. The lowest BCUT2D eigenvalue weighted by Crippen LogP contribution is -2.49. The molecule has 0 aromatic heterocycles. The van der Waals surface area contributed by atoms with Crippen molar-refractivity contribution < 1.29 is 14.3 Å². The lowest BCUT2D eigenvalue weighted by atomic mass is 9.94. The number of piperazine rings is 1. The molecule has 184 valence electrons. The van der Waals surface area contributed by atoms with E-state index in [-0.39, 0.29) is 18.5 Å². The van der Waals surface area contributed by atoms with Gasteiger partial charge in [-0.15, -0.1) is 12.4 Å². The summed E-state index contributed by atoms with van der Waals surface area (Å²) in [6.45, 7) is 11.4. The van der Waals surface area contributed by atoms with E-state index in [0.29, 0.717) is 12.6 Å². The van der Waals surface area contributed by atoms with E-state index >= 15 is 0 Å². The SMILES string of the molecule is CCc1ccc2c(c1)CC(N1CCN(CCN3CCOC3=O)CC1)c1cc(CC)ccc1O2.Cl. The van der Waals surface area contributed by atoms with Crippen LogP contribution < -0.4 is 4.74 Å². The van der Waals surface area contributed by atoms with Crippen LogP contribution in [0.5, 0.6) is 11.5 Å². The summed E-state index contributed by atoms with van der Waals surface area (Å²) < 4.78 is 11.5. The average Bonchev–Trinajstić information content (AvgIpc) is 3.19. The van der Waals surface area contributed by atoms with Gasteiger partial charge in [0, 0.05) is 50.9 Å². The lowest BCUT2D eigenvalue weighted by molar-refractivity contribution is 0.0898. The largest absolute Gasteiger partial charge is 0.457 e. The summed E-state index contributed by atoms with van der Waals surface area (Å²) in [5.41, 5.74) is 5.35. The van der Waals surface area contributed by atoms with Crippen molar-refractivity contribution in [2.24, 2.45) is 0 Å². The Labute approximate surface area is 209 Å². The van der Waals surface area contributed by atoms with Gasteiger partial charge in [0.2, 0.25) is 0 Å². The summed E-state index contributed by atoms with van der Waals surface area (Å²) >= 11 is 0. The van der Waals surface area contributed by atoms with Crippen LogP contribution in [0.3, 0.4) is 0 Å². The van der Waals surface area contributed by atoms with E-state index < -0.39 is 0 Å². The molecule has 0 saturated carbocycles. The number of cyclic esters (lactones) is 1. The summed E-state index contributed by atoms with van der Waals surface area (Å²) in [6.07, 6.45) is 2.87. The maximum atomic E-state index is 11.7. The monoisotopic (exact) mass is 485 g/mol. The number of benzene rings is 2. The van der Waals surface area contributed by atoms with Gasteiger partial charge in [-0.2, -0.15) is 0 Å². The average molecular weight is 486 g/mol. The zero-order valence-electron chi connectivity index (χ0n) is 20.3. The molecule has 0 radical (unpaired) electrons. The second-order valence-corrected chi connectivity index (χ2v) is 9.32. The second-order valence-electron chi connectivity index (χ2n) is 9.32. The fourth-order valence-electron chi connectivity index (χ4n) is 5.24. The van der Waals surface area contributed by atoms with Gasteiger partial charge < -0.3 is 14.4 Å². The topological polar surface area (TPSA) is 45.2 Å². The standard InChI is InChI=1S/C27H35N3O3.ClH/c1-3-20-5-7-25-22(17-20)19-24(23-18-21(4-2)6-8-26(23)33-25)29-12-9-28(10-13-29)11-14-30-15-16-32-27(30)31;/h5-8,17-18,24H,3-4,9-16,19H2,1-2H3;1H. The molecule has 3 heterocycles. The summed E-state index contributed by atoms with van der Waals surface area (Å²) in [7, 11) is 0. The van der Waals surface area contributed by atoms with E-state index in [2.05, 4.69) is 60.0 Å². The van der Waals surface area contributed by atoms with Crippen LogP contribution in [-0.4, -0.2) is 73.2 Å². The minimum atomic E-state index is -0.166. The first-order valence-corrected chi connectivity index (χ1v) is 12.4. The van der Waals surface area contributed by atoms with Crippen LogP contribution in [0, 0.1) is 0 Å². The first-order chi connectivity index (χ1) is 16.1. The maximum Gasteiger partial charge on any atom is 0.409 e. The molecule has 0 N–H and O–H groups in total. The number of carbonyl (C=O) groups excluding carboxylic acids is 1. The van der Waals surface area contributed by atoms with Gasteiger partial charge in [0.15, 0.2) is 0 Å². The number of hydrogen-bond acceptors (Lipinski definition) is 5. The Kier molecular flexibility index (Phi) is 8.02. The summed E-state index contributed by atoms with van der Waals surface area (Å²) in [5.74, 6) is 1.99. The Balaban J connectivity index is 0.00000274. The van der Waals surface area contributed by atoms with E-state index in [1.165, 1.54) is 22.3 Å². The molecule has 3 aliphatic rings. The first kappa shape index (κ1) is 24.8. The number of rotatable bonds is 6. The van der Waals surface area contributed by atoms with Gasteiger partial charge in [0.1, 0.15) is 18.1 Å². The van der Waals surface area contributed by atoms with Gasteiger partial charge in [0.05, 0.1) is 6.54 Å². The molecule has 2 saturated heterocycles.